The highest BCUT2D eigenvalue weighted by molar-refractivity contribution is 7.98. The Kier molecular flexibility index (Phi) is 7.30. The molecule has 0 radical (unpaired) electrons. The number of piperazine rings is 1. The maximum absolute atomic E-state index is 11.8. The summed E-state index contributed by atoms with van der Waals surface area (Å²) in [5.74, 6) is 0.255. The van der Waals surface area contributed by atoms with Crippen LogP contribution in [0.5, 0.6) is 0 Å². The van der Waals surface area contributed by atoms with Gasteiger partial charge in [0.15, 0.2) is 10.9 Å². The fourth-order valence-corrected chi connectivity index (χ4v) is 2.28. The molecule has 1 saturated heterocycles. The van der Waals surface area contributed by atoms with Crippen LogP contribution >= 0.6 is 24.2 Å². The first-order valence-corrected chi connectivity index (χ1v) is 7.37. The van der Waals surface area contributed by atoms with Gasteiger partial charge in [0, 0.05) is 39.3 Å². The van der Waals surface area contributed by atoms with Crippen LogP contribution in [0.4, 0.5) is 0 Å². The number of nitrogens with one attached hydrogen (secondary N) is 2. The molecule has 1 aliphatic rings. The third-order valence-electron chi connectivity index (χ3n) is 2.93. The van der Waals surface area contributed by atoms with Crippen molar-refractivity contribution in [2.45, 2.75) is 5.09 Å². The minimum Gasteiger partial charge on any atom is -0.445 e. The van der Waals surface area contributed by atoms with Gasteiger partial charge < -0.3 is 15.1 Å². The predicted octanol–water partition coefficient (Wildman–Crippen LogP) is 1.06. The Hall–Kier alpha value is -0.690. The van der Waals surface area contributed by atoms with E-state index in [-0.39, 0.29) is 18.3 Å². The number of hydrogen-bond acceptors (Lipinski definition) is 5. The van der Waals surface area contributed by atoms with Gasteiger partial charge in [-0.1, -0.05) is 11.8 Å². The quantitative estimate of drug-likeness (QED) is 0.797. The van der Waals surface area contributed by atoms with Gasteiger partial charge >= 0.3 is 0 Å². The van der Waals surface area contributed by atoms with Crippen LogP contribution in [0, 0.1) is 0 Å². The summed E-state index contributed by atoms with van der Waals surface area (Å²) in [7, 11) is 0. The maximum atomic E-state index is 11.8. The van der Waals surface area contributed by atoms with E-state index in [0.717, 1.165) is 37.8 Å². The van der Waals surface area contributed by atoms with Crippen molar-refractivity contribution >= 4 is 30.1 Å². The minimum atomic E-state index is -0.134. The lowest BCUT2D eigenvalue weighted by atomic mass is 10.3. The van der Waals surface area contributed by atoms with E-state index in [4.69, 9.17) is 4.42 Å². The summed E-state index contributed by atoms with van der Waals surface area (Å²) in [6.07, 6.45) is 1.92. The number of halogens is 1. The second kappa shape index (κ2) is 8.47. The first-order valence-electron chi connectivity index (χ1n) is 6.14. The summed E-state index contributed by atoms with van der Waals surface area (Å²) in [4.78, 5) is 14.1. The van der Waals surface area contributed by atoms with Crippen molar-refractivity contribution in [3.63, 3.8) is 0 Å². The molecule has 0 bridgehead atoms. The lowest BCUT2D eigenvalue weighted by Gasteiger charge is -2.26. The topological polar surface area (TPSA) is 57.5 Å². The molecular weight excluding hydrogens is 286 g/mol. The minimum absolute atomic E-state index is 0. The normalized spacial score (nSPS) is 15.8. The molecule has 19 heavy (non-hydrogen) atoms. The number of hydrogen-bond donors (Lipinski definition) is 2. The first kappa shape index (κ1) is 16.4. The van der Waals surface area contributed by atoms with Gasteiger partial charge in [0.05, 0.1) is 0 Å². The SMILES string of the molecule is CSc1ccc(C(=O)NCCN2CCNCC2)o1.Cl. The molecule has 1 aromatic rings. The summed E-state index contributed by atoms with van der Waals surface area (Å²) in [5, 5.41) is 6.95. The van der Waals surface area contributed by atoms with Gasteiger partial charge in [-0.3, -0.25) is 9.69 Å². The van der Waals surface area contributed by atoms with E-state index in [0.29, 0.717) is 12.3 Å². The number of rotatable bonds is 5. The standard InChI is InChI=1S/C12H19N3O2S.ClH/c1-18-11-3-2-10(17-11)12(16)14-6-9-15-7-4-13-5-8-15;/h2-3,13H,4-9H2,1H3,(H,14,16);1H. The molecule has 0 aliphatic carbocycles. The van der Waals surface area contributed by atoms with Crippen molar-refractivity contribution < 1.29 is 9.21 Å². The van der Waals surface area contributed by atoms with Crippen molar-refractivity contribution in [2.24, 2.45) is 0 Å². The van der Waals surface area contributed by atoms with Gasteiger partial charge in [0.1, 0.15) is 0 Å². The van der Waals surface area contributed by atoms with Crippen molar-refractivity contribution in [3.8, 4) is 0 Å². The second-order valence-electron chi connectivity index (χ2n) is 4.17. The Labute approximate surface area is 123 Å². The van der Waals surface area contributed by atoms with E-state index < -0.39 is 0 Å². The molecule has 0 aromatic carbocycles. The Morgan fingerprint density at radius 3 is 2.84 bits per heavy atom. The van der Waals surface area contributed by atoms with Crippen molar-refractivity contribution in [2.75, 3.05) is 45.5 Å². The number of carbonyl (C=O) groups excluding carboxylic acids is 1. The fourth-order valence-electron chi connectivity index (χ4n) is 1.90. The third kappa shape index (κ3) is 5.06. The van der Waals surface area contributed by atoms with E-state index >= 15 is 0 Å². The predicted molar refractivity (Wildman–Crippen MR) is 79.4 cm³/mol. The molecule has 2 N–H and O–H groups in total. The molecule has 1 aromatic heterocycles. The van der Waals surface area contributed by atoms with E-state index in [2.05, 4.69) is 15.5 Å². The smallest absolute Gasteiger partial charge is 0.287 e. The molecule has 0 saturated carbocycles. The molecule has 1 amide bonds. The van der Waals surface area contributed by atoms with Crippen LogP contribution in [0.1, 0.15) is 10.6 Å². The van der Waals surface area contributed by atoms with Crippen molar-refractivity contribution in [1.82, 2.24) is 15.5 Å². The Balaban J connectivity index is 0.00000180. The molecule has 7 heteroatoms. The zero-order chi connectivity index (χ0) is 12.8. The van der Waals surface area contributed by atoms with Crippen molar-refractivity contribution in [3.05, 3.63) is 17.9 Å². The van der Waals surface area contributed by atoms with E-state index in [1.807, 2.05) is 12.3 Å². The maximum Gasteiger partial charge on any atom is 0.287 e. The summed E-state index contributed by atoms with van der Waals surface area (Å²) in [6.45, 7) is 5.71. The van der Waals surface area contributed by atoms with Crippen LogP contribution in [-0.2, 0) is 0 Å². The van der Waals surface area contributed by atoms with Crippen molar-refractivity contribution in [1.29, 1.82) is 0 Å². The molecule has 108 valence electrons. The Morgan fingerprint density at radius 2 is 2.21 bits per heavy atom. The third-order valence-corrected chi connectivity index (χ3v) is 3.55. The molecule has 0 spiro atoms. The molecule has 2 heterocycles. The van der Waals surface area contributed by atoms with Gasteiger partial charge in [-0.25, -0.2) is 0 Å². The summed E-state index contributed by atoms with van der Waals surface area (Å²) < 4.78 is 5.36. The van der Waals surface area contributed by atoms with E-state index in [1.54, 1.807) is 6.07 Å². The van der Waals surface area contributed by atoms with Crippen LogP contribution in [0.25, 0.3) is 0 Å². The highest BCUT2D eigenvalue weighted by Crippen LogP contribution is 2.17. The molecular formula is C12H20ClN3O2S. The van der Waals surface area contributed by atoms with E-state index in [9.17, 15) is 4.79 Å². The summed E-state index contributed by atoms with van der Waals surface area (Å²) in [6, 6.07) is 3.53. The van der Waals surface area contributed by atoms with Crippen LogP contribution in [-0.4, -0.2) is 56.3 Å². The van der Waals surface area contributed by atoms with Gasteiger partial charge in [-0.15, -0.1) is 12.4 Å². The average Bonchev–Trinajstić information content (AvgIpc) is 2.89. The molecule has 2 rings (SSSR count). The average molecular weight is 306 g/mol. The molecule has 1 fully saturated rings. The van der Waals surface area contributed by atoms with Gasteiger partial charge in [-0.05, 0) is 18.4 Å². The number of thioether (sulfide) groups is 1. The number of nitrogens with zero attached hydrogens (tertiary/aromatic N) is 1. The van der Waals surface area contributed by atoms with Crippen LogP contribution in [0.2, 0.25) is 0 Å². The van der Waals surface area contributed by atoms with Crippen LogP contribution in [0.3, 0.4) is 0 Å². The van der Waals surface area contributed by atoms with Gasteiger partial charge in [-0.2, -0.15) is 0 Å². The van der Waals surface area contributed by atoms with Gasteiger partial charge in [0.2, 0.25) is 0 Å². The zero-order valence-electron chi connectivity index (χ0n) is 11.0. The Morgan fingerprint density at radius 1 is 1.47 bits per heavy atom. The fraction of sp³-hybridized carbons (Fsp3) is 0.583. The van der Waals surface area contributed by atoms with E-state index in [1.165, 1.54) is 11.8 Å². The summed E-state index contributed by atoms with van der Waals surface area (Å²) in [5.41, 5.74) is 0. The Bertz CT molecular complexity index is 394. The highest BCUT2D eigenvalue weighted by atomic mass is 35.5. The zero-order valence-corrected chi connectivity index (χ0v) is 12.6. The number of furan rings is 1. The molecule has 1 aliphatic heterocycles. The lowest BCUT2D eigenvalue weighted by molar-refractivity contribution is 0.0914. The van der Waals surface area contributed by atoms with Crippen LogP contribution in [0.15, 0.2) is 21.6 Å². The monoisotopic (exact) mass is 305 g/mol. The van der Waals surface area contributed by atoms with Crippen LogP contribution < -0.4 is 10.6 Å². The van der Waals surface area contributed by atoms with Gasteiger partial charge in [0.25, 0.3) is 5.91 Å². The molecule has 5 nitrogen and oxygen atoms in total. The first-order chi connectivity index (χ1) is 8.79. The number of amides is 1. The lowest BCUT2D eigenvalue weighted by Crippen LogP contribution is -2.46. The largest absolute Gasteiger partial charge is 0.445 e. The molecule has 0 atom stereocenters. The number of carbonyl (C=O) groups is 1. The molecule has 0 unspecified atom stereocenters. The highest BCUT2D eigenvalue weighted by Gasteiger charge is 2.12. The summed E-state index contributed by atoms with van der Waals surface area (Å²) >= 11 is 1.49. The second-order valence-corrected chi connectivity index (χ2v) is 4.98.